The Morgan fingerprint density at radius 1 is 1.36 bits per heavy atom. The van der Waals surface area contributed by atoms with E-state index in [-0.39, 0.29) is 25.0 Å². The first kappa shape index (κ1) is 16.8. The summed E-state index contributed by atoms with van der Waals surface area (Å²) in [7, 11) is 0. The predicted octanol–water partition coefficient (Wildman–Crippen LogP) is -1.95. The van der Waals surface area contributed by atoms with E-state index >= 15 is 0 Å². The Labute approximate surface area is 75.4 Å². The molecule has 0 aliphatic heterocycles. The Morgan fingerprint density at radius 2 is 1.73 bits per heavy atom. The Hall–Kier alpha value is -0.517. The second-order valence-electron chi connectivity index (χ2n) is 1.54. The van der Waals surface area contributed by atoms with Gasteiger partial charge in [-0.05, 0) is 0 Å². The van der Waals surface area contributed by atoms with Crippen LogP contribution in [-0.4, -0.2) is 33.7 Å². The van der Waals surface area contributed by atoms with Crippen molar-refractivity contribution < 1.29 is 44.8 Å². The average molecular weight is 217 g/mol. The standard InChI is InChI=1S/C4H7NO4.H2O.Zn/c5-2(4(8)9)1-3(6)7;;/h2H,1,5H2,(H,6,7)(H,8,9);1H2;/t2-;;/m0../s1. The van der Waals surface area contributed by atoms with Gasteiger partial charge >= 0.3 is 11.9 Å². The van der Waals surface area contributed by atoms with Crippen molar-refractivity contribution in [2.24, 2.45) is 5.73 Å². The number of carboxylic acid groups (broad SMARTS) is 2. The summed E-state index contributed by atoms with van der Waals surface area (Å²) in [6, 6.07) is -1.29. The first-order valence-corrected chi connectivity index (χ1v) is 2.24. The third-order valence-corrected chi connectivity index (χ3v) is 0.712. The van der Waals surface area contributed by atoms with E-state index in [4.69, 9.17) is 15.9 Å². The summed E-state index contributed by atoms with van der Waals surface area (Å²) >= 11 is 0. The SMILES string of the molecule is N[C@@H](CC(=O)O)C(=O)O.O.[Zn]. The fourth-order valence-corrected chi connectivity index (χ4v) is 0.275. The van der Waals surface area contributed by atoms with Gasteiger partial charge in [0, 0.05) is 19.5 Å². The zero-order valence-corrected chi connectivity index (χ0v) is 8.75. The van der Waals surface area contributed by atoms with E-state index in [0.717, 1.165) is 0 Å². The Kier molecular flexibility index (Phi) is 11.6. The largest absolute Gasteiger partial charge is 0.481 e. The Balaban J connectivity index is -0.000000320. The van der Waals surface area contributed by atoms with E-state index in [0.29, 0.717) is 0 Å². The molecule has 0 aliphatic rings. The van der Waals surface area contributed by atoms with Gasteiger partial charge in [0.1, 0.15) is 6.04 Å². The molecule has 0 radical (unpaired) electrons. The van der Waals surface area contributed by atoms with Crippen LogP contribution in [0.1, 0.15) is 6.42 Å². The van der Waals surface area contributed by atoms with Gasteiger partial charge in [-0.25, -0.2) is 0 Å². The Morgan fingerprint density at radius 3 is 1.82 bits per heavy atom. The van der Waals surface area contributed by atoms with Gasteiger partial charge in [-0.2, -0.15) is 0 Å². The van der Waals surface area contributed by atoms with Crippen LogP contribution < -0.4 is 5.73 Å². The van der Waals surface area contributed by atoms with E-state index in [1.165, 1.54) is 0 Å². The third kappa shape index (κ3) is 9.48. The monoisotopic (exact) mass is 215 g/mol. The van der Waals surface area contributed by atoms with Gasteiger partial charge in [0.15, 0.2) is 0 Å². The molecule has 0 heterocycles. The van der Waals surface area contributed by atoms with Crippen molar-refractivity contribution >= 4 is 11.9 Å². The maximum atomic E-state index is 9.85. The second-order valence-corrected chi connectivity index (χ2v) is 1.54. The molecule has 1 atom stereocenters. The molecule has 0 saturated carbocycles. The molecule has 0 spiro atoms. The van der Waals surface area contributed by atoms with Gasteiger partial charge in [0.25, 0.3) is 0 Å². The Bertz CT molecular complexity index is 138. The van der Waals surface area contributed by atoms with Crippen LogP contribution in [0, 0.1) is 0 Å². The minimum absolute atomic E-state index is 0. The number of nitrogens with two attached hydrogens (primary N) is 1. The van der Waals surface area contributed by atoms with Crippen LogP contribution >= 0.6 is 0 Å². The molecule has 0 aliphatic carbocycles. The van der Waals surface area contributed by atoms with Crippen molar-refractivity contribution in [1.82, 2.24) is 0 Å². The number of hydrogen-bond acceptors (Lipinski definition) is 3. The van der Waals surface area contributed by atoms with E-state index in [1.807, 2.05) is 0 Å². The van der Waals surface area contributed by atoms with Gasteiger partial charge in [0.05, 0.1) is 6.42 Å². The van der Waals surface area contributed by atoms with Crippen molar-refractivity contribution in [3.05, 3.63) is 0 Å². The summed E-state index contributed by atoms with van der Waals surface area (Å²) in [5, 5.41) is 16.0. The van der Waals surface area contributed by atoms with Gasteiger partial charge in [-0.3, -0.25) is 9.59 Å². The zero-order valence-electron chi connectivity index (χ0n) is 5.78. The number of aliphatic carboxylic acids is 2. The number of hydrogen-bond donors (Lipinski definition) is 3. The summed E-state index contributed by atoms with van der Waals surface area (Å²) in [5.41, 5.74) is 4.84. The molecule has 0 unspecified atom stereocenters. The molecule has 0 rings (SSSR count). The minimum Gasteiger partial charge on any atom is -0.481 e. The van der Waals surface area contributed by atoms with E-state index in [2.05, 4.69) is 0 Å². The van der Waals surface area contributed by atoms with Gasteiger partial charge in [-0.1, -0.05) is 0 Å². The summed E-state index contributed by atoms with van der Waals surface area (Å²) in [6.45, 7) is 0. The molecule has 11 heavy (non-hydrogen) atoms. The number of carbonyl (C=O) groups is 2. The van der Waals surface area contributed by atoms with Crippen molar-refractivity contribution in [3.63, 3.8) is 0 Å². The van der Waals surface area contributed by atoms with Crippen LogP contribution in [0.2, 0.25) is 0 Å². The van der Waals surface area contributed by atoms with Gasteiger partial charge in [-0.15, -0.1) is 0 Å². The predicted molar refractivity (Wildman–Crippen MR) is 31.5 cm³/mol. The molecule has 0 saturated heterocycles. The van der Waals surface area contributed by atoms with Crippen LogP contribution in [0.3, 0.4) is 0 Å². The van der Waals surface area contributed by atoms with Gasteiger partial charge in [0.2, 0.25) is 0 Å². The minimum atomic E-state index is -1.29. The van der Waals surface area contributed by atoms with Crippen LogP contribution in [0.25, 0.3) is 0 Å². The quantitative estimate of drug-likeness (QED) is 0.472. The van der Waals surface area contributed by atoms with Crippen molar-refractivity contribution in [3.8, 4) is 0 Å². The van der Waals surface area contributed by atoms with Crippen LogP contribution in [-0.2, 0) is 29.1 Å². The summed E-state index contributed by atoms with van der Waals surface area (Å²) in [6.07, 6.45) is -0.532. The molecule has 62 valence electrons. The molecule has 0 aromatic heterocycles. The smallest absolute Gasteiger partial charge is 0.321 e. The molecule has 0 aromatic rings. The molecule has 0 aromatic carbocycles. The maximum Gasteiger partial charge on any atom is 0.321 e. The zero-order chi connectivity index (χ0) is 7.44. The molecule has 0 bridgehead atoms. The fourth-order valence-electron chi connectivity index (χ4n) is 0.275. The van der Waals surface area contributed by atoms with Crippen molar-refractivity contribution in [2.45, 2.75) is 12.5 Å². The molecule has 6 N–H and O–H groups in total. The number of rotatable bonds is 3. The van der Waals surface area contributed by atoms with Crippen molar-refractivity contribution in [1.29, 1.82) is 0 Å². The third-order valence-electron chi connectivity index (χ3n) is 0.712. The average Bonchev–Trinajstić information content (AvgIpc) is 1.63. The molecule has 0 amide bonds. The first-order valence-electron chi connectivity index (χ1n) is 2.24. The maximum absolute atomic E-state index is 9.85. The number of carboxylic acids is 2. The van der Waals surface area contributed by atoms with E-state index < -0.39 is 24.4 Å². The summed E-state index contributed by atoms with van der Waals surface area (Å²) in [5.74, 6) is -2.50. The summed E-state index contributed by atoms with van der Waals surface area (Å²) in [4.78, 5) is 19.6. The summed E-state index contributed by atoms with van der Waals surface area (Å²) < 4.78 is 0. The van der Waals surface area contributed by atoms with E-state index in [1.54, 1.807) is 0 Å². The topological polar surface area (TPSA) is 132 Å². The molecule has 6 nitrogen and oxygen atoms in total. The molecule has 0 fully saturated rings. The molecular formula is C4H9NO5Zn. The van der Waals surface area contributed by atoms with Gasteiger partial charge < -0.3 is 21.4 Å². The van der Waals surface area contributed by atoms with Crippen LogP contribution in [0.15, 0.2) is 0 Å². The second kappa shape index (κ2) is 7.59. The first-order chi connectivity index (χ1) is 4.04. The molecular weight excluding hydrogens is 207 g/mol. The van der Waals surface area contributed by atoms with E-state index in [9.17, 15) is 9.59 Å². The fraction of sp³-hybridized carbons (Fsp3) is 0.500. The van der Waals surface area contributed by atoms with Crippen LogP contribution in [0.5, 0.6) is 0 Å². The normalized spacial score (nSPS) is 10.3. The van der Waals surface area contributed by atoms with Crippen LogP contribution in [0.4, 0.5) is 0 Å². The molecule has 7 heteroatoms. The van der Waals surface area contributed by atoms with Crippen molar-refractivity contribution in [2.75, 3.05) is 0 Å².